The molecule has 3 unspecified atom stereocenters. The normalized spacial score (nSPS) is 17.6. The van der Waals surface area contributed by atoms with Crippen LogP contribution in [0.4, 0.5) is 0 Å². The molecule has 0 fully saturated rings. The molecule has 0 heterocycles. The maximum Gasteiger partial charge on any atom is 0.111 e. The summed E-state index contributed by atoms with van der Waals surface area (Å²) in [5, 5.41) is 10.4. The van der Waals surface area contributed by atoms with Crippen LogP contribution in [0.3, 0.4) is 0 Å². The Bertz CT molecular complexity index is 321. The van der Waals surface area contributed by atoms with E-state index < -0.39 is 5.60 Å². The van der Waals surface area contributed by atoms with Gasteiger partial charge in [0.2, 0.25) is 0 Å². The van der Waals surface area contributed by atoms with E-state index in [2.05, 4.69) is 20.4 Å². The van der Waals surface area contributed by atoms with Crippen LogP contribution in [0, 0.1) is 5.92 Å². The summed E-state index contributed by atoms with van der Waals surface area (Å²) in [6.45, 7) is 14.6. The van der Waals surface area contributed by atoms with Gasteiger partial charge in [0.05, 0.1) is 24.1 Å². The molecule has 132 valence electrons. The summed E-state index contributed by atoms with van der Waals surface area (Å²) >= 11 is 0. The second-order valence-electron chi connectivity index (χ2n) is 6.41. The van der Waals surface area contributed by atoms with E-state index in [0.29, 0.717) is 18.8 Å². The first-order chi connectivity index (χ1) is 10.2. The zero-order valence-corrected chi connectivity index (χ0v) is 15.6. The third kappa shape index (κ3) is 5.90. The molecule has 0 saturated heterocycles. The van der Waals surface area contributed by atoms with Gasteiger partial charge in [-0.05, 0) is 26.2 Å². The summed E-state index contributed by atoms with van der Waals surface area (Å²) in [5.74, 6) is 0.515. The lowest BCUT2D eigenvalue weighted by atomic mass is 9.85. The van der Waals surface area contributed by atoms with Crippen molar-refractivity contribution in [3.05, 3.63) is 12.3 Å². The minimum Gasteiger partial charge on any atom is -0.492 e. The Balaban J connectivity index is 5.05. The predicted molar refractivity (Wildman–Crippen MR) is 90.9 cm³/mol. The quantitative estimate of drug-likeness (QED) is 0.554. The summed E-state index contributed by atoms with van der Waals surface area (Å²) in [6.07, 6.45) is 3.09. The van der Waals surface area contributed by atoms with Crippen LogP contribution in [0.15, 0.2) is 12.3 Å². The van der Waals surface area contributed by atoms with Crippen LogP contribution in [0.1, 0.15) is 60.3 Å². The smallest absolute Gasteiger partial charge is 0.111 e. The Morgan fingerprint density at radius 1 is 1.14 bits per heavy atom. The summed E-state index contributed by atoms with van der Waals surface area (Å²) in [5.41, 5.74) is -1.15. The molecule has 0 bridgehead atoms. The number of hydrogen-bond donors (Lipinski definition) is 1. The highest BCUT2D eigenvalue weighted by atomic mass is 16.5. The fourth-order valence-corrected chi connectivity index (χ4v) is 2.56. The molecule has 0 radical (unpaired) electrons. The number of ether oxygens (including phenoxy) is 3. The minimum atomic E-state index is -0.808. The lowest BCUT2D eigenvalue weighted by Gasteiger charge is -2.39. The molecule has 1 N–H and O–H groups in total. The highest BCUT2D eigenvalue weighted by molar-refractivity contribution is 5.01. The zero-order valence-electron chi connectivity index (χ0n) is 15.6. The number of methoxy groups -OCH3 is 2. The number of rotatable bonds is 12. The van der Waals surface area contributed by atoms with E-state index in [9.17, 15) is 5.11 Å². The second-order valence-corrected chi connectivity index (χ2v) is 6.41. The van der Waals surface area contributed by atoms with E-state index in [1.54, 1.807) is 14.2 Å². The van der Waals surface area contributed by atoms with Crippen molar-refractivity contribution in [3.63, 3.8) is 0 Å². The van der Waals surface area contributed by atoms with Crippen molar-refractivity contribution in [3.8, 4) is 0 Å². The molecule has 0 aromatic carbocycles. The van der Waals surface area contributed by atoms with Gasteiger partial charge in [-0.3, -0.25) is 0 Å². The lowest BCUT2D eigenvalue weighted by molar-refractivity contribution is -0.0905. The van der Waals surface area contributed by atoms with Crippen molar-refractivity contribution in [1.82, 2.24) is 0 Å². The molecule has 0 amide bonds. The average Bonchev–Trinajstić information content (AvgIpc) is 2.52. The van der Waals surface area contributed by atoms with E-state index in [0.717, 1.165) is 19.3 Å². The van der Waals surface area contributed by atoms with Crippen molar-refractivity contribution < 1.29 is 19.3 Å². The summed E-state index contributed by atoms with van der Waals surface area (Å²) < 4.78 is 17.0. The monoisotopic (exact) mass is 316 g/mol. The molecule has 0 aliphatic heterocycles. The summed E-state index contributed by atoms with van der Waals surface area (Å²) in [7, 11) is 3.37. The van der Waals surface area contributed by atoms with Crippen LogP contribution in [0.5, 0.6) is 0 Å². The van der Waals surface area contributed by atoms with Gasteiger partial charge in [-0.15, -0.1) is 0 Å². The van der Waals surface area contributed by atoms with Gasteiger partial charge in [-0.25, -0.2) is 0 Å². The molecule has 0 aliphatic rings. The van der Waals surface area contributed by atoms with Gasteiger partial charge in [0.25, 0.3) is 0 Å². The van der Waals surface area contributed by atoms with Crippen molar-refractivity contribution in [2.24, 2.45) is 5.92 Å². The minimum absolute atomic E-state index is 0.0142. The first kappa shape index (κ1) is 21.4. The van der Waals surface area contributed by atoms with Gasteiger partial charge in [0, 0.05) is 26.6 Å². The topological polar surface area (TPSA) is 47.9 Å². The van der Waals surface area contributed by atoms with Gasteiger partial charge in [0.15, 0.2) is 0 Å². The predicted octanol–water partition coefficient (Wildman–Crippen LogP) is 3.92. The van der Waals surface area contributed by atoms with Gasteiger partial charge < -0.3 is 19.3 Å². The molecule has 0 aromatic rings. The van der Waals surface area contributed by atoms with Gasteiger partial charge in [-0.1, -0.05) is 34.3 Å². The fraction of sp³-hybridized carbons (Fsp3) is 0.889. The van der Waals surface area contributed by atoms with Crippen molar-refractivity contribution >= 4 is 0 Å². The largest absolute Gasteiger partial charge is 0.492 e. The molecule has 0 aliphatic carbocycles. The van der Waals surface area contributed by atoms with Crippen LogP contribution in [0.2, 0.25) is 0 Å². The molecule has 0 aromatic heterocycles. The maximum atomic E-state index is 10.4. The Morgan fingerprint density at radius 3 is 2.05 bits per heavy atom. The molecular weight excluding hydrogens is 280 g/mol. The van der Waals surface area contributed by atoms with E-state index in [1.807, 2.05) is 20.8 Å². The Hall–Kier alpha value is -0.580. The van der Waals surface area contributed by atoms with Crippen LogP contribution in [-0.4, -0.2) is 43.2 Å². The zero-order chi connectivity index (χ0) is 17.4. The van der Waals surface area contributed by atoms with Crippen LogP contribution >= 0.6 is 0 Å². The van der Waals surface area contributed by atoms with Gasteiger partial charge in [-0.2, -0.15) is 0 Å². The standard InChI is InChI=1S/C18H36O4/c1-9-17(6,19)14(4)15(5)22-18(10-2,11-3)12-16(21-8)13-20-7/h14,16,19H,5,9-13H2,1-4,6-8H3. The molecule has 0 spiro atoms. The fourth-order valence-electron chi connectivity index (χ4n) is 2.56. The Labute approximate surface area is 136 Å². The van der Waals surface area contributed by atoms with Crippen molar-refractivity contribution in [1.29, 1.82) is 0 Å². The van der Waals surface area contributed by atoms with Crippen molar-refractivity contribution in [2.45, 2.75) is 77.6 Å². The molecular formula is C18H36O4. The molecule has 3 atom stereocenters. The molecule has 22 heavy (non-hydrogen) atoms. The van der Waals surface area contributed by atoms with E-state index in [1.165, 1.54) is 0 Å². The third-order valence-electron chi connectivity index (χ3n) is 5.05. The van der Waals surface area contributed by atoms with Crippen LogP contribution < -0.4 is 0 Å². The number of hydrogen-bond acceptors (Lipinski definition) is 4. The Kier molecular flexibility index (Phi) is 9.28. The first-order valence-electron chi connectivity index (χ1n) is 8.33. The lowest BCUT2D eigenvalue weighted by Crippen LogP contribution is -2.41. The van der Waals surface area contributed by atoms with Gasteiger partial charge >= 0.3 is 0 Å². The summed E-state index contributed by atoms with van der Waals surface area (Å²) in [4.78, 5) is 0. The highest BCUT2D eigenvalue weighted by Crippen LogP contribution is 2.35. The van der Waals surface area contributed by atoms with Crippen LogP contribution in [0.25, 0.3) is 0 Å². The molecule has 4 nitrogen and oxygen atoms in total. The molecule has 0 rings (SSSR count). The average molecular weight is 316 g/mol. The Morgan fingerprint density at radius 2 is 1.68 bits per heavy atom. The van der Waals surface area contributed by atoms with E-state index >= 15 is 0 Å². The third-order valence-corrected chi connectivity index (χ3v) is 5.05. The van der Waals surface area contributed by atoms with E-state index in [-0.39, 0.29) is 17.6 Å². The molecule has 4 heteroatoms. The SMILES string of the molecule is C=C(OC(CC)(CC)CC(COC)OC)C(C)C(C)(O)CC. The van der Waals surface area contributed by atoms with Crippen molar-refractivity contribution in [2.75, 3.05) is 20.8 Å². The summed E-state index contributed by atoms with van der Waals surface area (Å²) in [6, 6.07) is 0. The van der Waals surface area contributed by atoms with Crippen LogP contribution in [-0.2, 0) is 14.2 Å². The second kappa shape index (κ2) is 9.53. The number of aliphatic hydroxyl groups is 1. The highest BCUT2D eigenvalue weighted by Gasteiger charge is 2.36. The maximum absolute atomic E-state index is 10.4. The molecule has 0 saturated carbocycles. The van der Waals surface area contributed by atoms with E-state index in [4.69, 9.17) is 14.2 Å². The first-order valence-corrected chi connectivity index (χ1v) is 8.33. The van der Waals surface area contributed by atoms with Gasteiger partial charge in [0.1, 0.15) is 5.60 Å².